The van der Waals surface area contributed by atoms with E-state index in [4.69, 9.17) is 62.6 Å². The number of carbonyl (C=O) groups excluding carboxylic acids is 1. The van der Waals surface area contributed by atoms with Gasteiger partial charge in [-0.2, -0.15) is 0 Å². The Kier molecular flexibility index (Phi) is 36.0. The van der Waals surface area contributed by atoms with E-state index in [1.807, 2.05) is 18.2 Å². The number of para-hydroxylation sites is 2. The van der Waals surface area contributed by atoms with E-state index in [9.17, 15) is 4.79 Å². The molecule has 0 amide bonds. The standard InChI is InChI=1S/C37H67NO13/c1-2-3-4-5-6-7-12-37(39)51-34-32-49-30-28-47-26-24-45-22-20-43-18-16-41-14-13-40-15-17-42-19-21-44-23-25-46-27-29-48-31-33-50-36-11-9-8-10-35(36)38/h8-11H,2-7,12-34,38H2,1H3. The van der Waals surface area contributed by atoms with E-state index >= 15 is 0 Å². The fourth-order valence-corrected chi connectivity index (χ4v) is 4.24. The maximum Gasteiger partial charge on any atom is 0.305 e. The van der Waals surface area contributed by atoms with Crippen LogP contribution in [0.5, 0.6) is 5.75 Å². The molecule has 0 bridgehead atoms. The molecule has 0 aliphatic heterocycles. The van der Waals surface area contributed by atoms with Gasteiger partial charge in [0, 0.05) is 6.42 Å². The molecule has 14 nitrogen and oxygen atoms in total. The second-order valence-electron chi connectivity index (χ2n) is 11.2. The van der Waals surface area contributed by atoms with E-state index < -0.39 is 0 Å². The Morgan fingerprint density at radius 2 is 0.784 bits per heavy atom. The molecule has 298 valence electrons. The summed E-state index contributed by atoms with van der Waals surface area (Å²) >= 11 is 0. The number of hydrogen-bond acceptors (Lipinski definition) is 14. The van der Waals surface area contributed by atoms with E-state index in [2.05, 4.69) is 6.92 Å². The van der Waals surface area contributed by atoms with Crippen molar-refractivity contribution in [3.8, 4) is 5.75 Å². The van der Waals surface area contributed by atoms with Crippen LogP contribution in [0.1, 0.15) is 51.9 Å². The van der Waals surface area contributed by atoms with Gasteiger partial charge < -0.3 is 62.6 Å². The summed E-state index contributed by atoms with van der Waals surface area (Å²) in [5.41, 5.74) is 6.44. The first-order chi connectivity index (χ1) is 25.2. The number of esters is 1. The van der Waals surface area contributed by atoms with Gasteiger partial charge in [0.2, 0.25) is 0 Å². The molecular formula is C37H67NO13. The molecule has 0 heterocycles. The Morgan fingerprint density at radius 3 is 1.18 bits per heavy atom. The lowest BCUT2D eigenvalue weighted by atomic mass is 10.1. The highest BCUT2D eigenvalue weighted by molar-refractivity contribution is 5.69. The van der Waals surface area contributed by atoms with Gasteiger partial charge in [0.15, 0.2) is 0 Å². The van der Waals surface area contributed by atoms with Gasteiger partial charge in [0.1, 0.15) is 19.0 Å². The number of hydrogen-bond donors (Lipinski definition) is 1. The van der Waals surface area contributed by atoms with Gasteiger partial charge in [-0.1, -0.05) is 51.2 Å². The first-order valence-electron chi connectivity index (χ1n) is 18.6. The number of rotatable bonds is 41. The van der Waals surface area contributed by atoms with Gasteiger partial charge in [-0.15, -0.1) is 0 Å². The van der Waals surface area contributed by atoms with Gasteiger partial charge in [0.05, 0.1) is 138 Å². The van der Waals surface area contributed by atoms with Crippen LogP contribution in [0.4, 0.5) is 5.69 Å². The molecule has 0 atom stereocenters. The lowest BCUT2D eigenvalue weighted by molar-refractivity contribution is -0.145. The number of anilines is 1. The molecule has 0 spiro atoms. The van der Waals surface area contributed by atoms with Crippen molar-refractivity contribution in [2.45, 2.75) is 51.9 Å². The molecule has 0 saturated heterocycles. The number of unbranched alkanes of at least 4 members (excludes halogenated alkanes) is 5. The third-order valence-corrected chi connectivity index (χ3v) is 6.98. The smallest absolute Gasteiger partial charge is 0.305 e. The molecule has 1 rings (SSSR count). The maximum atomic E-state index is 11.7. The van der Waals surface area contributed by atoms with Crippen LogP contribution < -0.4 is 10.5 Å². The van der Waals surface area contributed by atoms with Crippen LogP contribution in [-0.4, -0.2) is 151 Å². The molecule has 0 saturated carbocycles. The average Bonchev–Trinajstić information content (AvgIpc) is 3.14. The molecule has 0 aliphatic carbocycles. The predicted octanol–water partition coefficient (Wildman–Crippen LogP) is 4.11. The summed E-state index contributed by atoms with van der Waals surface area (Å²) in [6, 6.07) is 7.37. The van der Waals surface area contributed by atoms with E-state index in [0.717, 1.165) is 12.8 Å². The maximum absolute atomic E-state index is 11.7. The molecule has 0 fully saturated rings. The van der Waals surface area contributed by atoms with E-state index in [0.29, 0.717) is 157 Å². The zero-order chi connectivity index (χ0) is 36.6. The van der Waals surface area contributed by atoms with E-state index in [1.54, 1.807) is 6.07 Å². The van der Waals surface area contributed by atoms with Crippen LogP contribution in [0.3, 0.4) is 0 Å². The van der Waals surface area contributed by atoms with Crippen LogP contribution in [0, 0.1) is 0 Å². The number of carbonyl (C=O) groups is 1. The van der Waals surface area contributed by atoms with Crippen molar-refractivity contribution in [3.63, 3.8) is 0 Å². The lowest BCUT2D eigenvalue weighted by Crippen LogP contribution is -2.15. The Labute approximate surface area is 306 Å². The Balaban J connectivity index is 1.64. The van der Waals surface area contributed by atoms with Crippen molar-refractivity contribution >= 4 is 11.7 Å². The van der Waals surface area contributed by atoms with Gasteiger partial charge in [-0.3, -0.25) is 4.79 Å². The molecule has 0 unspecified atom stereocenters. The Bertz CT molecular complexity index is 868. The third kappa shape index (κ3) is 34.7. The van der Waals surface area contributed by atoms with Crippen molar-refractivity contribution in [2.24, 2.45) is 0 Å². The van der Waals surface area contributed by atoms with E-state index in [1.165, 1.54) is 25.7 Å². The number of nitrogen functional groups attached to an aromatic ring is 1. The van der Waals surface area contributed by atoms with Gasteiger partial charge in [-0.25, -0.2) is 0 Å². The van der Waals surface area contributed by atoms with Crippen LogP contribution >= 0.6 is 0 Å². The largest absolute Gasteiger partial charge is 0.489 e. The summed E-state index contributed by atoms with van der Waals surface area (Å²) < 4.78 is 65.5. The third-order valence-electron chi connectivity index (χ3n) is 6.98. The van der Waals surface area contributed by atoms with Crippen LogP contribution in [0.25, 0.3) is 0 Å². The monoisotopic (exact) mass is 733 g/mol. The highest BCUT2D eigenvalue weighted by Gasteiger charge is 2.03. The summed E-state index contributed by atoms with van der Waals surface area (Å²) in [5, 5.41) is 0. The topological polar surface area (TPSA) is 154 Å². The minimum absolute atomic E-state index is 0.145. The summed E-state index contributed by atoms with van der Waals surface area (Å²) in [7, 11) is 0. The molecule has 14 heteroatoms. The molecule has 1 aromatic rings. The first-order valence-corrected chi connectivity index (χ1v) is 18.6. The fraction of sp³-hybridized carbons (Fsp3) is 0.811. The van der Waals surface area contributed by atoms with Gasteiger partial charge in [-0.05, 0) is 18.6 Å². The van der Waals surface area contributed by atoms with Crippen LogP contribution in [0.2, 0.25) is 0 Å². The minimum Gasteiger partial charge on any atom is -0.489 e. The highest BCUT2D eigenvalue weighted by atomic mass is 16.6. The van der Waals surface area contributed by atoms with Gasteiger partial charge in [0.25, 0.3) is 0 Å². The molecule has 2 N–H and O–H groups in total. The predicted molar refractivity (Wildman–Crippen MR) is 193 cm³/mol. The average molecular weight is 734 g/mol. The fourth-order valence-electron chi connectivity index (χ4n) is 4.24. The second-order valence-corrected chi connectivity index (χ2v) is 11.2. The molecule has 0 aromatic heterocycles. The van der Waals surface area contributed by atoms with Crippen LogP contribution in [0.15, 0.2) is 24.3 Å². The Hall–Kier alpha value is -2.11. The first kappa shape index (κ1) is 46.9. The number of benzene rings is 1. The van der Waals surface area contributed by atoms with Gasteiger partial charge >= 0.3 is 5.97 Å². The highest BCUT2D eigenvalue weighted by Crippen LogP contribution is 2.19. The summed E-state index contributed by atoms with van der Waals surface area (Å²) in [6.45, 7) is 12.6. The normalized spacial score (nSPS) is 11.3. The summed E-state index contributed by atoms with van der Waals surface area (Å²) in [6.07, 6.45) is 7.41. The van der Waals surface area contributed by atoms with Crippen molar-refractivity contribution < 1.29 is 61.6 Å². The van der Waals surface area contributed by atoms with Crippen molar-refractivity contribution in [2.75, 3.05) is 151 Å². The molecule has 1 aromatic carbocycles. The Morgan fingerprint density at radius 1 is 0.451 bits per heavy atom. The zero-order valence-electron chi connectivity index (χ0n) is 31.2. The SMILES string of the molecule is CCCCCCCCC(=O)OCCOCCOCCOCCOCCOCCOCCOCCOCCOCCOCCOc1ccccc1N. The lowest BCUT2D eigenvalue weighted by Gasteiger charge is -2.10. The van der Waals surface area contributed by atoms with Crippen molar-refractivity contribution in [1.82, 2.24) is 0 Å². The van der Waals surface area contributed by atoms with Crippen molar-refractivity contribution in [1.29, 1.82) is 0 Å². The number of ether oxygens (including phenoxy) is 12. The molecule has 51 heavy (non-hydrogen) atoms. The van der Waals surface area contributed by atoms with Crippen LogP contribution in [-0.2, 0) is 56.9 Å². The minimum atomic E-state index is -0.145. The molecule has 0 aliphatic rings. The number of nitrogens with two attached hydrogens (primary N) is 1. The molecule has 0 radical (unpaired) electrons. The summed E-state index contributed by atoms with van der Waals surface area (Å²) in [5.74, 6) is 0.521. The summed E-state index contributed by atoms with van der Waals surface area (Å²) in [4.78, 5) is 11.7. The second kappa shape index (κ2) is 39.1. The van der Waals surface area contributed by atoms with Crippen molar-refractivity contribution in [3.05, 3.63) is 24.3 Å². The zero-order valence-corrected chi connectivity index (χ0v) is 31.2. The quantitative estimate of drug-likeness (QED) is 0.0584. The molecular weight excluding hydrogens is 666 g/mol. The van der Waals surface area contributed by atoms with E-state index in [-0.39, 0.29) is 12.6 Å².